The summed E-state index contributed by atoms with van der Waals surface area (Å²) in [6.45, 7) is 1.43. The van der Waals surface area contributed by atoms with E-state index in [0.29, 0.717) is 0 Å². The van der Waals surface area contributed by atoms with Crippen LogP contribution in [0.3, 0.4) is 0 Å². The number of imide groups is 1. The van der Waals surface area contributed by atoms with Gasteiger partial charge in [0.05, 0.1) is 11.8 Å². The lowest BCUT2D eigenvalue weighted by Crippen LogP contribution is -2.45. The maximum atomic E-state index is 12.8. The van der Waals surface area contributed by atoms with Crippen LogP contribution in [0.4, 0.5) is 5.69 Å². The Morgan fingerprint density at radius 2 is 2.17 bits per heavy atom. The number of nitro benzene ring substituents is 1. The highest BCUT2D eigenvalue weighted by Crippen LogP contribution is 2.24. The van der Waals surface area contributed by atoms with E-state index in [-0.39, 0.29) is 29.6 Å². The second-order valence-corrected chi connectivity index (χ2v) is 5.05. The lowest BCUT2D eigenvalue weighted by atomic mass is 10.1. The molecular formula is C14H12N4O5. The van der Waals surface area contributed by atoms with E-state index < -0.39 is 34.0 Å². The Balaban J connectivity index is 2.36. The van der Waals surface area contributed by atoms with E-state index in [4.69, 9.17) is 1.37 Å². The number of aromatic nitrogens is 2. The van der Waals surface area contributed by atoms with Crippen LogP contribution in [0.1, 0.15) is 26.1 Å². The molecule has 3 rings (SSSR count). The third kappa shape index (κ3) is 2.35. The fourth-order valence-corrected chi connectivity index (χ4v) is 2.61. The summed E-state index contributed by atoms with van der Waals surface area (Å²) in [6, 6.07) is 1.92. The van der Waals surface area contributed by atoms with Gasteiger partial charge < -0.3 is 0 Å². The average Bonchev–Trinajstić information content (AvgIpc) is 2.50. The summed E-state index contributed by atoms with van der Waals surface area (Å²) in [5, 5.41) is 12.9. The lowest BCUT2D eigenvalue weighted by Gasteiger charge is -2.24. The van der Waals surface area contributed by atoms with Crippen molar-refractivity contribution in [3.8, 4) is 0 Å². The van der Waals surface area contributed by atoms with Crippen LogP contribution in [0.5, 0.6) is 0 Å². The van der Waals surface area contributed by atoms with E-state index >= 15 is 0 Å². The molecule has 1 aliphatic heterocycles. The van der Waals surface area contributed by atoms with Gasteiger partial charge in [0.1, 0.15) is 17.2 Å². The maximum absolute atomic E-state index is 12.8. The summed E-state index contributed by atoms with van der Waals surface area (Å²) < 4.78 is 9.19. The number of benzene rings is 1. The topological polar surface area (TPSA) is 124 Å². The van der Waals surface area contributed by atoms with Crippen molar-refractivity contribution in [2.24, 2.45) is 0 Å². The van der Waals surface area contributed by atoms with Gasteiger partial charge in [-0.25, -0.2) is 4.98 Å². The van der Waals surface area contributed by atoms with E-state index in [9.17, 15) is 24.5 Å². The fraction of sp³-hybridized carbons (Fsp3) is 0.286. The van der Waals surface area contributed by atoms with Gasteiger partial charge in [-0.2, -0.15) is 0 Å². The highest BCUT2D eigenvalue weighted by atomic mass is 16.6. The number of amides is 2. The summed E-state index contributed by atoms with van der Waals surface area (Å²) in [7, 11) is 0. The van der Waals surface area contributed by atoms with E-state index in [1.54, 1.807) is 0 Å². The number of hydrogen-bond acceptors (Lipinski definition) is 6. The molecule has 1 fully saturated rings. The van der Waals surface area contributed by atoms with Crippen molar-refractivity contribution < 1.29 is 15.9 Å². The second-order valence-electron chi connectivity index (χ2n) is 5.05. The summed E-state index contributed by atoms with van der Waals surface area (Å²) >= 11 is 0. The first kappa shape index (κ1) is 13.6. The first-order valence-electron chi connectivity index (χ1n) is 7.27. The molecule has 1 aliphatic rings. The van der Waals surface area contributed by atoms with Crippen LogP contribution in [0.25, 0.3) is 10.9 Å². The van der Waals surface area contributed by atoms with Crippen LogP contribution in [-0.2, 0) is 9.59 Å². The van der Waals surface area contributed by atoms with Crippen LogP contribution in [0.2, 0.25) is 0 Å². The van der Waals surface area contributed by atoms with Crippen molar-refractivity contribution in [3.63, 3.8) is 0 Å². The summed E-state index contributed by atoms with van der Waals surface area (Å²) in [5.74, 6) is -1.43. The smallest absolute Gasteiger partial charge is 0.284 e. The number of non-ortho nitro benzene ring substituents is 1. The van der Waals surface area contributed by atoms with Gasteiger partial charge in [-0.1, -0.05) is 6.07 Å². The molecule has 1 unspecified atom stereocenters. The maximum Gasteiger partial charge on any atom is 0.284 e. The van der Waals surface area contributed by atoms with E-state index in [1.807, 2.05) is 5.32 Å². The third-order valence-corrected chi connectivity index (χ3v) is 3.61. The Hall–Kier alpha value is -3.10. The number of aryl methyl sites for hydroxylation is 1. The van der Waals surface area contributed by atoms with Crippen LogP contribution >= 0.6 is 0 Å². The first-order valence-corrected chi connectivity index (χ1v) is 6.77. The fourth-order valence-electron chi connectivity index (χ4n) is 2.61. The Morgan fingerprint density at radius 3 is 2.83 bits per heavy atom. The van der Waals surface area contributed by atoms with Gasteiger partial charge in [0, 0.05) is 12.5 Å². The van der Waals surface area contributed by atoms with Crippen molar-refractivity contribution in [1.29, 1.82) is 0 Å². The van der Waals surface area contributed by atoms with Gasteiger partial charge in [0.2, 0.25) is 11.8 Å². The van der Waals surface area contributed by atoms with Gasteiger partial charge in [-0.15, -0.1) is 0 Å². The number of nitrogens with one attached hydrogen (secondary N) is 1. The average molecular weight is 317 g/mol. The number of piperidine rings is 1. The molecule has 2 aromatic rings. The predicted octanol–water partition coefficient (Wildman–Crippen LogP) is 0.591. The number of hydrogen-bond donors (Lipinski definition) is 1. The van der Waals surface area contributed by atoms with E-state index in [0.717, 1.165) is 10.6 Å². The monoisotopic (exact) mass is 317 g/mol. The number of carbonyl (C=O) groups is 2. The molecule has 2 heterocycles. The molecule has 0 radical (unpaired) electrons. The zero-order valence-corrected chi connectivity index (χ0v) is 12.0. The molecule has 1 N–H and O–H groups in total. The van der Waals surface area contributed by atoms with Crippen LogP contribution in [0.15, 0.2) is 23.0 Å². The second kappa shape index (κ2) is 5.27. The standard InChI is InChI=1S/C14H12N4O5/c1-7-15-8-3-2-4-9(18(22)23)12(8)14(21)17(7)10-5-6-11(19)16-13(10)20/h2-4,10H,5-6H2,1H3,(H,16,19,20)/i10D. The number of nitro groups is 1. The first-order chi connectivity index (χ1) is 11.3. The normalized spacial score (nSPS) is 21.9. The Labute approximate surface area is 130 Å². The predicted molar refractivity (Wildman–Crippen MR) is 78.8 cm³/mol. The minimum absolute atomic E-state index is 0.0625. The van der Waals surface area contributed by atoms with Gasteiger partial charge in [-0.3, -0.25) is 34.4 Å². The molecule has 0 saturated carbocycles. The summed E-state index contributed by atoms with van der Waals surface area (Å²) in [5.41, 5.74) is -1.20. The SMILES string of the molecule is [2H]C1(n2c(C)nc3cccc([N+](=O)[O-])c3c2=O)CCC(=O)NC1=O. The number of carbonyl (C=O) groups excluding carboxylic acids is 2. The number of fused-ring (bicyclic) bond motifs is 1. The molecule has 118 valence electrons. The van der Waals surface area contributed by atoms with Crippen LogP contribution < -0.4 is 10.9 Å². The highest BCUT2D eigenvalue weighted by molar-refractivity contribution is 5.99. The van der Waals surface area contributed by atoms with Gasteiger partial charge in [-0.05, 0) is 19.4 Å². The van der Waals surface area contributed by atoms with Crippen molar-refractivity contribution in [2.75, 3.05) is 0 Å². The molecule has 0 aliphatic carbocycles. The van der Waals surface area contributed by atoms with Crippen LogP contribution in [0, 0.1) is 17.0 Å². The van der Waals surface area contributed by atoms with Gasteiger partial charge >= 0.3 is 0 Å². The van der Waals surface area contributed by atoms with Crippen molar-refractivity contribution in [3.05, 3.63) is 44.5 Å². The zero-order chi connectivity index (χ0) is 17.6. The number of rotatable bonds is 2. The van der Waals surface area contributed by atoms with E-state index in [1.165, 1.54) is 19.1 Å². The van der Waals surface area contributed by atoms with Gasteiger partial charge in [0.15, 0.2) is 0 Å². The molecule has 0 spiro atoms. The van der Waals surface area contributed by atoms with Crippen LogP contribution in [-0.4, -0.2) is 26.3 Å². The quantitative estimate of drug-likeness (QED) is 0.491. The molecular weight excluding hydrogens is 304 g/mol. The molecule has 1 aromatic carbocycles. The molecule has 9 heteroatoms. The molecule has 0 bridgehead atoms. The Kier molecular flexibility index (Phi) is 3.11. The third-order valence-electron chi connectivity index (χ3n) is 3.61. The lowest BCUT2D eigenvalue weighted by molar-refractivity contribution is -0.383. The largest absolute Gasteiger partial charge is 0.295 e. The molecule has 2 amide bonds. The molecule has 1 saturated heterocycles. The summed E-state index contributed by atoms with van der Waals surface area (Å²) in [6.07, 6.45) is -0.331. The highest BCUT2D eigenvalue weighted by Gasteiger charge is 2.31. The van der Waals surface area contributed by atoms with Crippen molar-refractivity contribution in [2.45, 2.75) is 25.8 Å². The Bertz CT molecular complexity index is 970. The van der Waals surface area contributed by atoms with Crippen molar-refractivity contribution in [1.82, 2.24) is 14.9 Å². The van der Waals surface area contributed by atoms with E-state index in [2.05, 4.69) is 4.98 Å². The van der Waals surface area contributed by atoms with Crippen molar-refractivity contribution >= 4 is 28.4 Å². The molecule has 1 aromatic heterocycles. The molecule has 1 atom stereocenters. The minimum atomic E-state index is -2.08. The summed E-state index contributed by atoms with van der Waals surface area (Å²) in [4.78, 5) is 50.9. The minimum Gasteiger partial charge on any atom is -0.295 e. The molecule has 23 heavy (non-hydrogen) atoms. The zero-order valence-electron chi connectivity index (χ0n) is 13.0. The Morgan fingerprint density at radius 1 is 1.43 bits per heavy atom. The molecule has 9 nitrogen and oxygen atoms in total. The van der Waals surface area contributed by atoms with Gasteiger partial charge in [0.25, 0.3) is 11.2 Å². The number of nitrogens with zero attached hydrogens (tertiary/aromatic N) is 3.